The molecular formula is C24H32O4S. The molecule has 3 saturated carbocycles. The zero-order valence-corrected chi connectivity index (χ0v) is 18.8. The third kappa shape index (κ3) is 2.68. The number of ether oxygens (including phenoxy) is 1. The predicted molar refractivity (Wildman–Crippen MR) is 114 cm³/mol. The van der Waals surface area contributed by atoms with Crippen molar-refractivity contribution in [2.75, 3.05) is 0 Å². The van der Waals surface area contributed by atoms with Gasteiger partial charge in [-0.3, -0.25) is 14.4 Å². The Kier molecular flexibility index (Phi) is 4.92. The maximum absolute atomic E-state index is 12.9. The van der Waals surface area contributed by atoms with Crippen LogP contribution in [-0.4, -0.2) is 22.5 Å². The molecule has 0 saturated heterocycles. The number of hydrogen-bond donors (Lipinski definition) is 1. The molecule has 4 nitrogen and oxygen atoms in total. The lowest BCUT2D eigenvalue weighted by atomic mass is 9.47. The largest absolute Gasteiger partial charge is 0.449 e. The second kappa shape index (κ2) is 6.83. The van der Waals surface area contributed by atoms with Crippen LogP contribution in [0.5, 0.6) is 0 Å². The summed E-state index contributed by atoms with van der Waals surface area (Å²) >= 11 is 4.27. The molecule has 0 amide bonds. The standard InChI is InChI=1S/C24H32O4S/c1-5-20(26)28-24(21(27)29)14(2)12-19-17-7-6-15-13-16(25)8-10-22(15,3)18(17)9-11-23(19,24)4/h8,10,13-14,17-19H,5-7,9,11-12H2,1-4H3,(H,27,29)/t14-,17-,18+,19+,22+,23+,24+/m1/s1. The molecule has 0 aromatic heterocycles. The molecule has 0 radical (unpaired) electrons. The van der Waals surface area contributed by atoms with Crippen molar-refractivity contribution < 1.29 is 19.1 Å². The first kappa shape index (κ1) is 20.9. The van der Waals surface area contributed by atoms with Gasteiger partial charge in [0.05, 0.1) is 0 Å². The molecule has 5 heteroatoms. The second-order valence-electron chi connectivity index (χ2n) is 10.1. The fraction of sp³-hybridized carbons (Fsp3) is 0.708. The normalized spacial score (nSPS) is 45.7. The number of rotatable bonds is 3. The number of thiol groups is 1. The summed E-state index contributed by atoms with van der Waals surface area (Å²) in [5.74, 6) is 0.928. The first-order valence-corrected chi connectivity index (χ1v) is 11.4. The molecule has 0 spiro atoms. The number of allylic oxidation sites excluding steroid dienone is 4. The maximum atomic E-state index is 12.9. The highest BCUT2D eigenvalue weighted by molar-refractivity contribution is 7.96. The quantitative estimate of drug-likeness (QED) is 0.536. The van der Waals surface area contributed by atoms with Crippen molar-refractivity contribution in [2.45, 2.75) is 71.8 Å². The van der Waals surface area contributed by atoms with E-state index in [-0.39, 0.29) is 34.6 Å². The van der Waals surface area contributed by atoms with E-state index in [9.17, 15) is 14.4 Å². The van der Waals surface area contributed by atoms with Gasteiger partial charge in [-0.05, 0) is 62.0 Å². The van der Waals surface area contributed by atoms with E-state index in [4.69, 9.17) is 4.74 Å². The average Bonchev–Trinajstić information content (AvgIpc) is 2.90. The maximum Gasteiger partial charge on any atom is 0.306 e. The third-order valence-corrected chi connectivity index (χ3v) is 9.31. The lowest BCUT2D eigenvalue weighted by Gasteiger charge is -2.58. The summed E-state index contributed by atoms with van der Waals surface area (Å²) in [6.07, 6.45) is 10.6. The Hall–Kier alpha value is -1.36. The molecule has 158 valence electrons. The number of fused-ring (bicyclic) bond motifs is 5. The summed E-state index contributed by atoms with van der Waals surface area (Å²) in [7, 11) is 0. The minimum Gasteiger partial charge on any atom is -0.449 e. The molecule has 4 rings (SSSR count). The molecule has 0 aromatic rings. The third-order valence-electron chi connectivity index (χ3n) is 8.98. The minimum absolute atomic E-state index is 0.0510. The molecular weight excluding hydrogens is 384 g/mol. The summed E-state index contributed by atoms with van der Waals surface area (Å²) in [6.45, 7) is 8.24. The van der Waals surface area contributed by atoms with Crippen LogP contribution >= 0.6 is 12.6 Å². The van der Waals surface area contributed by atoms with E-state index in [0.717, 1.165) is 32.1 Å². The van der Waals surface area contributed by atoms with E-state index in [0.29, 0.717) is 17.8 Å². The molecule has 0 unspecified atom stereocenters. The van der Waals surface area contributed by atoms with Gasteiger partial charge in [-0.15, -0.1) is 12.6 Å². The average molecular weight is 417 g/mol. The van der Waals surface area contributed by atoms with Crippen molar-refractivity contribution in [1.29, 1.82) is 0 Å². The van der Waals surface area contributed by atoms with E-state index in [1.165, 1.54) is 5.57 Å². The minimum atomic E-state index is -1.14. The molecule has 4 aliphatic carbocycles. The van der Waals surface area contributed by atoms with Gasteiger partial charge in [-0.2, -0.15) is 0 Å². The Morgan fingerprint density at radius 2 is 1.97 bits per heavy atom. The summed E-state index contributed by atoms with van der Waals surface area (Å²) in [4.78, 5) is 37.2. The fourth-order valence-corrected chi connectivity index (χ4v) is 8.01. The number of carbonyl (C=O) groups excluding carboxylic acids is 3. The van der Waals surface area contributed by atoms with Crippen LogP contribution in [-0.2, 0) is 19.1 Å². The van der Waals surface area contributed by atoms with Crippen molar-refractivity contribution in [1.82, 2.24) is 0 Å². The Balaban J connectivity index is 1.74. The van der Waals surface area contributed by atoms with Gasteiger partial charge < -0.3 is 4.74 Å². The van der Waals surface area contributed by atoms with Gasteiger partial charge in [-0.1, -0.05) is 39.3 Å². The number of carbonyl (C=O) groups is 3. The number of esters is 1. The Bertz CT molecular complexity index is 829. The first-order valence-electron chi connectivity index (χ1n) is 11.0. The van der Waals surface area contributed by atoms with Crippen molar-refractivity contribution in [3.05, 3.63) is 23.8 Å². The molecule has 0 aromatic carbocycles. The van der Waals surface area contributed by atoms with Crippen LogP contribution in [0.3, 0.4) is 0 Å². The SMILES string of the molecule is CCC(=O)O[C@]1(C(=O)S)[C@H](C)C[C@H]2[C@@H]3CCC4=CC(=O)C=C[C@]4(C)[C@H]3CC[C@@]21C. The molecule has 0 heterocycles. The molecule has 0 bridgehead atoms. The van der Waals surface area contributed by atoms with E-state index < -0.39 is 11.0 Å². The van der Waals surface area contributed by atoms with Gasteiger partial charge in [0, 0.05) is 23.2 Å². The molecule has 0 aliphatic heterocycles. The molecule has 0 N–H and O–H groups in total. The highest BCUT2D eigenvalue weighted by Gasteiger charge is 2.70. The molecule has 4 aliphatic rings. The fourth-order valence-electron chi connectivity index (χ4n) is 7.49. The summed E-state index contributed by atoms with van der Waals surface area (Å²) in [5.41, 5.74) is -0.371. The van der Waals surface area contributed by atoms with Gasteiger partial charge in [0.2, 0.25) is 5.12 Å². The Labute approximate surface area is 178 Å². The lowest BCUT2D eigenvalue weighted by Crippen LogP contribution is -2.59. The van der Waals surface area contributed by atoms with E-state index in [1.54, 1.807) is 13.0 Å². The van der Waals surface area contributed by atoms with Crippen molar-refractivity contribution in [2.24, 2.45) is 34.5 Å². The van der Waals surface area contributed by atoms with Crippen LogP contribution in [0.2, 0.25) is 0 Å². The summed E-state index contributed by atoms with van der Waals surface area (Å²) in [6, 6.07) is 0. The molecule has 7 atom stereocenters. The summed E-state index contributed by atoms with van der Waals surface area (Å²) in [5, 5.41) is -0.305. The zero-order chi connectivity index (χ0) is 21.2. The topological polar surface area (TPSA) is 60.4 Å². The van der Waals surface area contributed by atoms with Gasteiger partial charge in [0.1, 0.15) is 0 Å². The smallest absolute Gasteiger partial charge is 0.306 e. The Morgan fingerprint density at radius 1 is 1.24 bits per heavy atom. The molecule has 29 heavy (non-hydrogen) atoms. The first-order chi connectivity index (χ1) is 13.6. The van der Waals surface area contributed by atoms with Crippen LogP contribution in [0, 0.1) is 34.5 Å². The Morgan fingerprint density at radius 3 is 2.62 bits per heavy atom. The zero-order valence-electron chi connectivity index (χ0n) is 17.9. The van der Waals surface area contributed by atoms with E-state index >= 15 is 0 Å². The number of ketones is 1. The van der Waals surface area contributed by atoms with Crippen LogP contribution in [0.15, 0.2) is 23.8 Å². The van der Waals surface area contributed by atoms with Crippen LogP contribution in [0.1, 0.15) is 66.2 Å². The number of hydrogen-bond acceptors (Lipinski definition) is 4. The highest BCUT2D eigenvalue weighted by atomic mass is 32.1. The van der Waals surface area contributed by atoms with Gasteiger partial charge in [-0.25, -0.2) is 0 Å². The van der Waals surface area contributed by atoms with Crippen LogP contribution in [0.25, 0.3) is 0 Å². The van der Waals surface area contributed by atoms with Crippen LogP contribution < -0.4 is 0 Å². The highest BCUT2D eigenvalue weighted by Crippen LogP contribution is 2.69. The van der Waals surface area contributed by atoms with Gasteiger partial charge in [0.25, 0.3) is 0 Å². The second-order valence-corrected chi connectivity index (χ2v) is 10.5. The van der Waals surface area contributed by atoms with Gasteiger partial charge >= 0.3 is 5.97 Å². The summed E-state index contributed by atoms with van der Waals surface area (Å²) < 4.78 is 5.98. The van der Waals surface area contributed by atoms with Crippen molar-refractivity contribution in [3.8, 4) is 0 Å². The predicted octanol–water partition coefficient (Wildman–Crippen LogP) is 4.69. The monoisotopic (exact) mass is 416 g/mol. The van der Waals surface area contributed by atoms with Crippen molar-refractivity contribution >= 4 is 29.5 Å². The van der Waals surface area contributed by atoms with E-state index in [1.807, 2.05) is 13.0 Å². The van der Waals surface area contributed by atoms with E-state index in [2.05, 4.69) is 32.6 Å². The van der Waals surface area contributed by atoms with Crippen LogP contribution in [0.4, 0.5) is 0 Å². The molecule has 3 fully saturated rings. The van der Waals surface area contributed by atoms with Gasteiger partial charge in [0.15, 0.2) is 11.4 Å². The lowest BCUT2D eigenvalue weighted by molar-refractivity contribution is -0.189. The van der Waals surface area contributed by atoms with Crippen molar-refractivity contribution in [3.63, 3.8) is 0 Å².